The summed E-state index contributed by atoms with van der Waals surface area (Å²) in [6.45, 7) is 3.93. The Balaban J connectivity index is 2.05. The van der Waals surface area contributed by atoms with Gasteiger partial charge in [0.1, 0.15) is 4.90 Å². The van der Waals surface area contributed by atoms with Crippen LogP contribution in [0.3, 0.4) is 0 Å². The molecule has 9 heteroatoms. The van der Waals surface area contributed by atoms with Crippen LogP contribution in [0.2, 0.25) is 0 Å². The van der Waals surface area contributed by atoms with Gasteiger partial charge in [-0.1, -0.05) is 42.0 Å². The number of hydrogen-bond acceptors (Lipinski definition) is 7. The fourth-order valence-corrected chi connectivity index (χ4v) is 4.78. The number of nitrogens with two attached hydrogens (primary N) is 2. The first-order chi connectivity index (χ1) is 15.0. The van der Waals surface area contributed by atoms with E-state index in [-0.39, 0.29) is 34.5 Å². The monoisotopic (exact) mass is 451 g/mol. The number of benzene rings is 3. The van der Waals surface area contributed by atoms with E-state index >= 15 is 0 Å². The summed E-state index contributed by atoms with van der Waals surface area (Å²) in [4.78, 5) is 26.0. The van der Waals surface area contributed by atoms with Crippen LogP contribution < -0.4 is 16.8 Å². The van der Waals surface area contributed by atoms with Gasteiger partial charge in [0.25, 0.3) is 10.1 Å². The molecule has 3 aromatic carbocycles. The average molecular weight is 452 g/mol. The molecule has 4 rings (SSSR count). The molecule has 0 aromatic heterocycles. The molecule has 0 fully saturated rings. The van der Waals surface area contributed by atoms with Gasteiger partial charge in [-0.2, -0.15) is 8.42 Å². The predicted octanol–water partition coefficient (Wildman–Crippen LogP) is 3.11. The van der Waals surface area contributed by atoms with Crippen molar-refractivity contribution in [2.75, 3.05) is 11.1 Å². The first kappa shape index (κ1) is 21.7. The van der Waals surface area contributed by atoms with Crippen molar-refractivity contribution < 1.29 is 22.6 Å². The van der Waals surface area contributed by atoms with Crippen molar-refractivity contribution in [3.8, 4) is 0 Å². The molecule has 0 atom stereocenters. The Morgan fingerprint density at radius 3 is 2.12 bits per heavy atom. The minimum Gasteiger partial charge on any atom is -0.397 e. The molecule has 8 nitrogen and oxygen atoms in total. The highest BCUT2D eigenvalue weighted by Crippen LogP contribution is 2.40. The quantitative estimate of drug-likeness (QED) is 0.273. The van der Waals surface area contributed by atoms with Crippen molar-refractivity contribution in [2.24, 2.45) is 5.73 Å². The van der Waals surface area contributed by atoms with Gasteiger partial charge >= 0.3 is 0 Å². The van der Waals surface area contributed by atoms with Crippen LogP contribution in [0.15, 0.2) is 47.4 Å². The van der Waals surface area contributed by atoms with E-state index in [0.29, 0.717) is 5.69 Å². The lowest BCUT2D eigenvalue weighted by molar-refractivity contribution is 0.0980. The Morgan fingerprint density at radius 2 is 1.56 bits per heavy atom. The van der Waals surface area contributed by atoms with E-state index in [1.807, 2.05) is 26.0 Å². The van der Waals surface area contributed by atoms with Crippen molar-refractivity contribution in [2.45, 2.75) is 25.3 Å². The summed E-state index contributed by atoms with van der Waals surface area (Å²) in [5.41, 5.74) is 14.6. The Morgan fingerprint density at radius 1 is 0.969 bits per heavy atom. The average Bonchev–Trinajstić information content (AvgIpc) is 2.73. The molecule has 3 aromatic rings. The fourth-order valence-electron chi connectivity index (χ4n) is 4.14. The number of aryl methyl sites for hydroxylation is 2. The molecule has 164 valence electrons. The van der Waals surface area contributed by atoms with E-state index in [9.17, 15) is 22.6 Å². The zero-order chi connectivity index (χ0) is 23.4. The van der Waals surface area contributed by atoms with Gasteiger partial charge < -0.3 is 16.8 Å². The molecule has 6 N–H and O–H groups in total. The number of carbonyl (C=O) groups excluding carboxylic acids is 2. The normalized spacial score (nSPS) is 13.0. The summed E-state index contributed by atoms with van der Waals surface area (Å²) in [5, 5.41) is 3.08. The second-order valence-electron chi connectivity index (χ2n) is 7.71. The molecule has 0 radical (unpaired) electrons. The second kappa shape index (κ2) is 7.56. The fraction of sp³-hybridized carbons (Fsp3) is 0.130. The lowest BCUT2D eigenvalue weighted by Crippen LogP contribution is -2.25. The highest BCUT2D eigenvalue weighted by molar-refractivity contribution is 7.86. The highest BCUT2D eigenvalue weighted by atomic mass is 32.2. The zero-order valence-corrected chi connectivity index (χ0v) is 18.2. The minimum absolute atomic E-state index is 0.0383. The van der Waals surface area contributed by atoms with Gasteiger partial charge in [-0.3, -0.25) is 14.1 Å². The lowest BCUT2D eigenvalue weighted by Gasteiger charge is -2.24. The maximum Gasteiger partial charge on any atom is 0.296 e. The molecule has 0 unspecified atom stereocenters. The number of ketones is 2. The molecule has 1 aliphatic rings. The molecule has 1 aliphatic carbocycles. The largest absolute Gasteiger partial charge is 0.397 e. The van der Waals surface area contributed by atoms with Gasteiger partial charge in [-0.25, -0.2) is 0 Å². The van der Waals surface area contributed by atoms with Gasteiger partial charge in [0.05, 0.1) is 22.5 Å². The Hall–Kier alpha value is -3.53. The molecule has 0 bridgehead atoms. The molecule has 0 spiro atoms. The second-order valence-corrected chi connectivity index (χ2v) is 9.10. The zero-order valence-electron chi connectivity index (χ0n) is 17.4. The van der Waals surface area contributed by atoms with E-state index < -0.39 is 32.3 Å². The smallest absolute Gasteiger partial charge is 0.296 e. The number of hydrogen-bond donors (Lipinski definition) is 4. The standard InChI is InChI=1S/C23H21N3O5S/c1-11-7-12(2)21(13(8-11)10-24)26-16-9-17(32(29,30)31)20(25)19-18(16)22(27)14-5-3-4-6-15(14)23(19)28/h3-9,26H,10,24-25H2,1-2H3,(H,29,30,31). The van der Waals surface area contributed by atoms with Crippen LogP contribution in [0, 0.1) is 13.8 Å². The molecular weight excluding hydrogens is 430 g/mol. The van der Waals surface area contributed by atoms with Gasteiger partial charge in [-0.05, 0) is 31.0 Å². The molecule has 0 saturated carbocycles. The number of fused-ring (bicyclic) bond motifs is 2. The summed E-state index contributed by atoms with van der Waals surface area (Å²) in [6, 6.07) is 11.1. The SMILES string of the molecule is Cc1cc(C)c(Nc2cc(S(=O)(=O)O)c(N)c3c2C(=O)c2ccccc2C3=O)c(CN)c1. The number of carbonyl (C=O) groups is 2. The summed E-state index contributed by atoms with van der Waals surface area (Å²) >= 11 is 0. The number of anilines is 3. The van der Waals surface area contributed by atoms with Crippen LogP contribution in [-0.2, 0) is 16.7 Å². The Labute approximate surface area is 185 Å². The molecule has 32 heavy (non-hydrogen) atoms. The maximum absolute atomic E-state index is 13.4. The number of nitrogen functional groups attached to an aromatic ring is 1. The van der Waals surface area contributed by atoms with Gasteiger partial charge in [0, 0.05) is 23.4 Å². The number of rotatable bonds is 4. The number of nitrogens with one attached hydrogen (secondary N) is 1. The van der Waals surface area contributed by atoms with Crippen molar-refractivity contribution in [3.63, 3.8) is 0 Å². The Kier molecular flexibility index (Phi) is 5.12. The summed E-state index contributed by atoms with van der Waals surface area (Å²) in [6.07, 6.45) is 0. The van der Waals surface area contributed by atoms with Crippen LogP contribution >= 0.6 is 0 Å². The van der Waals surface area contributed by atoms with Crippen LogP contribution in [0.5, 0.6) is 0 Å². The molecule has 0 saturated heterocycles. The maximum atomic E-state index is 13.4. The van der Waals surface area contributed by atoms with Crippen LogP contribution in [-0.4, -0.2) is 24.5 Å². The van der Waals surface area contributed by atoms with E-state index in [2.05, 4.69) is 5.32 Å². The minimum atomic E-state index is -4.79. The van der Waals surface area contributed by atoms with E-state index in [1.165, 1.54) is 12.1 Å². The third-order valence-electron chi connectivity index (χ3n) is 5.52. The van der Waals surface area contributed by atoms with Crippen molar-refractivity contribution in [1.29, 1.82) is 0 Å². The Bertz CT molecular complexity index is 1430. The first-order valence-electron chi connectivity index (χ1n) is 9.74. The van der Waals surface area contributed by atoms with E-state index in [4.69, 9.17) is 11.5 Å². The van der Waals surface area contributed by atoms with Gasteiger partial charge in [-0.15, -0.1) is 0 Å². The predicted molar refractivity (Wildman–Crippen MR) is 121 cm³/mol. The van der Waals surface area contributed by atoms with Crippen molar-refractivity contribution >= 4 is 38.7 Å². The lowest BCUT2D eigenvalue weighted by atomic mass is 9.82. The topological polar surface area (TPSA) is 153 Å². The van der Waals surface area contributed by atoms with Crippen LogP contribution in [0.4, 0.5) is 17.1 Å². The van der Waals surface area contributed by atoms with E-state index in [1.54, 1.807) is 12.1 Å². The third kappa shape index (κ3) is 3.36. The summed E-state index contributed by atoms with van der Waals surface area (Å²) < 4.78 is 33.8. The summed E-state index contributed by atoms with van der Waals surface area (Å²) in [7, 11) is -4.79. The molecule has 0 aliphatic heterocycles. The van der Waals surface area contributed by atoms with Crippen molar-refractivity contribution in [1.82, 2.24) is 0 Å². The third-order valence-corrected chi connectivity index (χ3v) is 6.41. The van der Waals surface area contributed by atoms with Crippen molar-refractivity contribution in [3.05, 3.63) is 81.4 Å². The summed E-state index contributed by atoms with van der Waals surface area (Å²) in [5.74, 6) is -1.08. The molecule has 0 heterocycles. The van der Waals surface area contributed by atoms with Crippen LogP contribution in [0.25, 0.3) is 0 Å². The van der Waals surface area contributed by atoms with Gasteiger partial charge in [0.2, 0.25) is 0 Å². The molecule has 0 amide bonds. The molecular formula is C23H21N3O5S. The first-order valence-corrected chi connectivity index (χ1v) is 11.2. The highest BCUT2D eigenvalue weighted by Gasteiger charge is 2.36. The van der Waals surface area contributed by atoms with Crippen LogP contribution in [0.1, 0.15) is 48.5 Å². The van der Waals surface area contributed by atoms with E-state index in [0.717, 1.165) is 22.8 Å². The van der Waals surface area contributed by atoms with Gasteiger partial charge in [0.15, 0.2) is 11.6 Å².